The van der Waals surface area contributed by atoms with E-state index >= 15 is 0 Å². The van der Waals surface area contributed by atoms with Gasteiger partial charge in [-0.15, -0.1) is 12.4 Å². The molecule has 4 aliphatic rings. The molecular weight excluding hydrogens is 345 g/mol. The van der Waals surface area contributed by atoms with Gasteiger partial charge < -0.3 is 15.4 Å². The van der Waals surface area contributed by atoms with E-state index in [1.54, 1.807) is 0 Å². The van der Waals surface area contributed by atoms with E-state index in [1.165, 1.54) is 12.1 Å². The van der Waals surface area contributed by atoms with Crippen molar-refractivity contribution in [1.29, 1.82) is 0 Å². The molecule has 1 atom stereocenters. The standard InChI is InChI=1S/C16H17F3N2O2.ClH/c17-16(18,19)10-1-3-11(4-2-10)23-12-5-6-21(13(12)22)15-7-14(20,8-15)9-15;/h1-4,12H,5-9,20H2;1H. The molecule has 0 radical (unpaired) electrons. The average Bonchev–Trinajstić information content (AvgIpc) is 2.75. The molecule has 2 N–H and O–H groups in total. The molecule has 3 saturated carbocycles. The number of carbonyl (C=O) groups excluding carboxylic acids is 1. The molecule has 1 heterocycles. The lowest BCUT2D eigenvalue weighted by molar-refractivity contribution is -0.176. The fourth-order valence-electron chi connectivity index (χ4n) is 4.22. The summed E-state index contributed by atoms with van der Waals surface area (Å²) >= 11 is 0. The first-order chi connectivity index (χ1) is 10.7. The van der Waals surface area contributed by atoms with E-state index in [9.17, 15) is 18.0 Å². The molecule has 1 saturated heterocycles. The highest BCUT2D eigenvalue weighted by Gasteiger charge is 2.70. The maximum atomic E-state index is 12.5. The van der Waals surface area contributed by atoms with Crippen LogP contribution >= 0.6 is 12.4 Å². The predicted molar refractivity (Wildman–Crippen MR) is 82.9 cm³/mol. The molecule has 2 bridgehead atoms. The molecule has 132 valence electrons. The van der Waals surface area contributed by atoms with Gasteiger partial charge in [-0.05, 0) is 43.5 Å². The molecule has 4 nitrogen and oxygen atoms in total. The fourth-order valence-corrected chi connectivity index (χ4v) is 4.22. The Kier molecular flexibility index (Phi) is 3.80. The minimum Gasteiger partial charge on any atom is -0.481 e. The van der Waals surface area contributed by atoms with Gasteiger partial charge in [0.25, 0.3) is 5.91 Å². The number of ether oxygens (including phenoxy) is 1. The zero-order valence-electron chi connectivity index (χ0n) is 12.8. The van der Waals surface area contributed by atoms with Crippen molar-refractivity contribution in [3.8, 4) is 5.75 Å². The molecule has 1 amide bonds. The number of benzene rings is 1. The van der Waals surface area contributed by atoms with Gasteiger partial charge in [-0.2, -0.15) is 13.2 Å². The first-order valence-corrected chi connectivity index (χ1v) is 7.65. The maximum Gasteiger partial charge on any atom is 0.416 e. The summed E-state index contributed by atoms with van der Waals surface area (Å²) in [4.78, 5) is 14.3. The summed E-state index contributed by atoms with van der Waals surface area (Å²) in [5.41, 5.74) is 5.15. The molecular formula is C16H18ClF3N2O2. The Hall–Kier alpha value is -1.47. The zero-order valence-corrected chi connectivity index (χ0v) is 13.6. The Labute approximate surface area is 143 Å². The van der Waals surface area contributed by atoms with E-state index in [1.807, 2.05) is 4.90 Å². The van der Waals surface area contributed by atoms with Crippen molar-refractivity contribution in [2.24, 2.45) is 5.73 Å². The summed E-state index contributed by atoms with van der Waals surface area (Å²) in [6, 6.07) is 4.45. The second kappa shape index (κ2) is 5.26. The largest absolute Gasteiger partial charge is 0.481 e. The second-order valence-electron chi connectivity index (χ2n) is 7.02. The number of amides is 1. The van der Waals surface area contributed by atoms with E-state index in [0.717, 1.165) is 31.4 Å². The normalized spacial score (nSPS) is 34.2. The zero-order chi connectivity index (χ0) is 16.5. The Bertz CT molecular complexity index is 643. The predicted octanol–water partition coefficient (Wildman–Crippen LogP) is 2.74. The van der Waals surface area contributed by atoms with E-state index in [0.29, 0.717) is 13.0 Å². The molecule has 1 aliphatic heterocycles. The summed E-state index contributed by atoms with van der Waals surface area (Å²) in [5.74, 6) is 0.206. The van der Waals surface area contributed by atoms with Crippen LogP contribution < -0.4 is 10.5 Å². The Balaban J connectivity index is 0.00000169. The molecule has 24 heavy (non-hydrogen) atoms. The van der Waals surface area contributed by atoms with Crippen molar-refractivity contribution in [2.75, 3.05) is 6.54 Å². The summed E-state index contributed by atoms with van der Waals surface area (Å²) in [6.45, 7) is 0.625. The van der Waals surface area contributed by atoms with Crippen molar-refractivity contribution >= 4 is 18.3 Å². The highest BCUT2D eigenvalue weighted by Crippen LogP contribution is 2.62. The van der Waals surface area contributed by atoms with E-state index in [2.05, 4.69) is 0 Å². The highest BCUT2D eigenvalue weighted by atomic mass is 35.5. The second-order valence-corrected chi connectivity index (χ2v) is 7.02. The summed E-state index contributed by atoms with van der Waals surface area (Å²) < 4.78 is 43.2. The molecule has 0 aromatic heterocycles. The monoisotopic (exact) mass is 362 g/mol. The van der Waals surface area contributed by atoms with E-state index in [-0.39, 0.29) is 35.1 Å². The molecule has 8 heteroatoms. The molecule has 1 aromatic rings. The van der Waals surface area contributed by atoms with Crippen LogP contribution in [0.5, 0.6) is 5.75 Å². The molecule has 3 aliphatic carbocycles. The molecule has 0 spiro atoms. The van der Waals surface area contributed by atoms with Crippen LogP contribution in [0.1, 0.15) is 31.2 Å². The van der Waals surface area contributed by atoms with Crippen LogP contribution in [0, 0.1) is 0 Å². The Morgan fingerprint density at radius 1 is 1.17 bits per heavy atom. The van der Waals surface area contributed by atoms with Crippen molar-refractivity contribution < 1.29 is 22.7 Å². The van der Waals surface area contributed by atoms with Gasteiger partial charge in [0.2, 0.25) is 0 Å². The lowest BCUT2D eigenvalue weighted by Gasteiger charge is -2.71. The van der Waals surface area contributed by atoms with Gasteiger partial charge in [0.15, 0.2) is 6.10 Å². The minimum atomic E-state index is -4.37. The van der Waals surface area contributed by atoms with Gasteiger partial charge in [0, 0.05) is 24.0 Å². The number of rotatable bonds is 3. The third-order valence-corrected chi connectivity index (χ3v) is 5.23. The van der Waals surface area contributed by atoms with Crippen molar-refractivity contribution in [1.82, 2.24) is 4.90 Å². The van der Waals surface area contributed by atoms with Crippen molar-refractivity contribution in [3.63, 3.8) is 0 Å². The third kappa shape index (κ3) is 2.54. The quantitative estimate of drug-likeness (QED) is 0.899. The number of hydrogen-bond donors (Lipinski definition) is 1. The number of nitrogens with two attached hydrogens (primary N) is 1. The fraction of sp³-hybridized carbons (Fsp3) is 0.562. The number of alkyl halides is 3. The number of nitrogens with zero attached hydrogens (tertiary/aromatic N) is 1. The van der Waals surface area contributed by atoms with Gasteiger partial charge in [-0.25, -0.2) is 0 Å². The summed E-state index contributed by atoms with van der Waals surface area (Å²) in [5, 5.41) is 0. The van der Waals surface area contributed by atoms with Crippen molar-refractivity contribution in [2.45, 2.75) is 49.0 Å². The van der Waals surface area contributed by atoms with Crippen LogP contribution in [0.3, 0.4) is 0 Å². The van der Waals surface area contributed by atoms with Crippen LogP contribution in [-0.4, -0.2) is 34.5 Å². The first kappa shape index (κ1) is 17.4. The molecule has 5 rings (SSSR count). The minimum absolute atomic E-state index is 0. The van der Waals surface area contributed by atoms with Crippen molar-refractivity contribution in [3.05, 3.63) is 29.8 Å². The smallest absolute Gasteiger partial charge is 0.416 e. The number of halogens is 4. The maximum absolute atomic E-state index is 12.5. The lowest BCUT2D eigenvalue weighted by Crippen LogP contribution is -2.82. The topological polar surface area (TPSA) is 55.6 Å². The Morgan fingerprint density at radius 2 is 1.75 bits per heavy atom. The van der Waals surface area contributed by atoms with E-state index in [4.69, 9.17) is 10.5 Å². The lowest BCUT2D eigenvalue weighted by atomic mass is 9.44. The van der Waals surface area contributed by atoms with Crippen LogP contribution in [0.25, 0.3) is 0 Å². The summed E-state index contributed by atoms with van der Waals surface area (Å²) in [6.07, 6.45) is -1.90. The number of carbonyl (C=O) groups is 1. The van der Waals surface area contributed by atoms with Crippen LogP contribution in [0.2, 0.25) is 0 Å². The van der Waals surface area contributed by atoms with Gasteiger partial charge in [0.1, 0.15) is 5.75 Å². The van der Waals surface area contributed by atoms with Gasteiger partial charge in [-0.1, -0.05) is 0 Å². The first-order valence-electron chi connectivity index (χ1n) is 7.65. The Morgan fingerprint density at radius 3 is 2.25 bits per heavy atom. The number of likely N-dealkylation sites (tertiary alicyclic amines) is 1. The SMILES string of the molecule is Cl.NC12CC(N3CCC(Oc4ccc(C(F)(F)F)cc4)C3=O)(C1)C2. The van der Waals surface area contributed by atoms with Crippen LogP contribution in [-0.2, 0) is 11.0 Å². The third-order valence-electron chi connectivity index (χ3n) is 5.23. The average molecular weight is 363 g/mol. The van der Waals surface area contributed by atoms with Crippen LogP contribution in [0.15, 0.2) is 24.3 Å². The summed E-state index contributed by atoms with van der Waals surface area (Å²) in [7, 11) is 0. The van der Waals surface area contributed by atoms with Crippen LogP contribution in [0.4, 0.5) is 13.2 Å². The number of hydrogen-bond acceptors (Lipinski definition) is 3. The van der Waals surface area contributed by atoms with Gasteiger partial charge >= 0.3 is 6.18 Å². The van der Waals surface area contributed by atoms with Gasteiger partial charge in [-0.3, -0.25) is 4.79 Å². The van der Waals surface area contributed by atoms with Gasteiger partial charge in [0.05, 0.1) is 5.56 Å². The molecule has 4 fully saturated rings. The highest BCUT2D eigenvalue weighted by molar-refractivity contribution is 5.85. The molecule has 1 aromatic carbocycles. The van der Waals surface area contributed by atoms with E-state index < -0.39 is 17.8 Å². The molecule has 1 unspecified atom stereocenters.